The highest BCUT2D eigenvalue weighted by atomic mass is 16.5. The first-order chi connectivity index (χ1) is 9.55. The summed E-state index contributed by atoms with van der Waals surface area (Å²) in [6, 6.07) is 10.8. The Morgan fingerprint density at radius 3 is 2.60 bits per heavy atom. The smallest absolute Gasteiger partial charge is 0.189 e. The van der Waals surface area contributed by atoms with E-state index in [4.69, 9.17) is 10.5 Å². The molecular weight excluding hydrogens is 250 g/mol. The summed E-state index contributed by atoms with van der Waals surface area (Å²) in [7, 11) is 0. The first-order valence-corrected chi connectivity index (χ1v) is 7.37. The Balaban J connectivity index is 1.58. The van der Waals surface area contributed by atoms with Crippen molar-refractivity contribution < 1.29 is 4.74 Å². The molecule has 3 N–H and O–H groups in total. The van der Waals surface area contributed by atoms with Crippen LogP contribution in [0.15, 0.2) is 35.3 Å². The molecule has 4 nitrogen and oxygen atoms in total. The molecule has 20 heavy (non-hydrogen) atoms. The number of aliphatic imine (C=N–C) groups is 1. The van der Waals surface area contributed by atoms with E-state index in [1.165, 1.54) is 12.8 Å². The number of guanidine groups is 1. The van der Waals surface area contributed by atoms with Gasteiger partial charge in [0.2, 0.25) is 0 Å². The van der Waals surface area contributed by atoms with E-state index in [2.05, 4.69) is 24.2 Å². The van der Waals surface area contributed by atoms with Crippen LogP contribution in [0.25, 0.3) is 0 Å². The lowest BCUT2D eigenvalue weighted by Crippen LogP contribution is -2.56. The molecule has 0 spiro atoms. The number of nitrogens with one attached hydrogen (secondary N) is 1. The number of ether oxygens (including phenoxy) is 1. The molecule has 2 fully saturated rings. The highest BCUT2D eigenvalue weighted by Crippen LogP contribution is 2.45. The molecule has 0 amide bonds. The minimum absolute atomic E-state index is 0.0195. The zero-order chi connectivity index (χ0) is 14.2. The van der Waals surface area contributed by atoms with Gasteiger partial charge in [0.25, 0.3) is 0 Å². The summed E-state index contributed by atoms with van der Waals surface area (Å²) in [5.41, 5.74) is 5.96. The summed E-state index contributed by atoms with van der Waals surface area (Å²) in [5.74, 6) is 1.51. The maximum atomic E-state index is 6.04. The van der Waals surface area contributed by atoms with Crippen molar-refractivity contribution in [3.8, 4) is 5.75 Å². The molecule has 1 aromatic carbocycles. The van der Waals surface area contributed by atoms with Gasteiger partial charge in [-0.1, -0.05) is 32.0 Å². The minimum atomic E-state index is 0.0195. The molecule has 0 aromatic heterocycles. The fraction of sp³-hybridized carbons (Fsp3) is 0.562. The molecule has 0 saturated heterocycles. The summed E-state index contributed by atoms with van der Waals surface area (Å²) in [6.45, 7) is 4.39. The van der Waals surface area contributed by atoms with E-state index in [0.29, 0.717) is 12.0 Å². The highest BCUT2D eigenvalue weighted by molar-refractivity contribution is 5.78. The van der Waals surface area contributed by atoms with E-state index >= 15 is 0 Å². The molecule has 0 heterocycles. The van der Waals surface area contributed by atoms with Crippen molar-refractivity contribution in [1.82, 2.24) is 5.32 Å². The van der Waals surface area contributed by atoms with Crippen molar-refractivity contribution in [3.63, 3.8) is 0 Å². The third-order valence-electron chi connectivity index (χ3n) is 4.37. The Bertz CT molecular complexity index is 494. The molecule has 0 aliphatic heterocycles. The summed E-state index contributed by atoms with van der Waals surface area (Å²) in [4.78, 5) is 4.61. The van der Waals surface area contributed by atoms with Crippen LogP contribution in [0.5, 0.6) is 5.75 Å². The van der Waals surface area contributed by atoms with Crippen LogP contribution < -0.4 is 15.8 Å². The quantitative estimate of drug-likeness (QED) is 0.653. The van der Waals surface area contributed by atoms with E-state index in [9.17, 15) is 0 Å². The van der Waals surface area contributed by atoms with E-state index in [1.807, 2.05) is 30.3 Å². The standard InChI is InChI=1S/C16H23N3O/c1-16(2)13(19-15(17)18-11-8-9-11)10-14(16)20-12-6-4-3-5-7-12/h3-7,11,13-14H,8-10H2,1-2H3,(H3,17,18,19)/t13-,14+/m0/s1. The fourth-order valence-electron chi connectivity index (χ4n) is 2.59. The van der Waals surface area contributed by atoms with Crippen LogP contribution >= 0.6 is 0 Å². The van der Waals surface area contributed by atoms with Crippen molar-refractivity contribution in [3.05, 3.63) is 30.3 Å². The van der Waals surface area contributed by atoms with Crippen LogP contribution in [0.4, 0.5) is 0 Å². The molecular formula is C16H23N3O. The zero-order valence-corrected chi connectivity index (χ0v) is 12.2. The first kappa shape index (κ1) is 13.3. The van der Waals surface area contributed by atoms with Gasteiger partial charge in [-0.3, -0.25) is 0 Å². The molecule has 3 rings (SSSR count). The van der Waals surface area contributed by atoms with Gasteiger partial charge in [0.1, 0.15) is 11.9 Å². The van der Waals surface area contributed by atoms with Crippen LogP contribution in [0.1, 0.15) is 33.1 Å². The number of hydrogen-bond donors (Lipinski definition) is 2. The Hall–Kier alpha value is -1.71. The molecule has 108 valence electrons. The molecule has 1 aromatic rings. The monoisotopic (exact) mass is 273 g/mol. The van der Waals surface area contributed by atoms with Gasteiger partial charge < -0.3 is 15.8 Å². The molecule has 2 atom stereocenters. The van der Waals surface area contributed by atoms with E-state index in [1.54, 1.807) is 0 Å². The van der Waals surface area contributed by atoms with Gasteiger partial charge in [-0.05, 0) is 25.0 Å². The third kappa shape index (κ3) is 2.74. The largest absolute Gasteiger partial charge is 0.490 e. The predicted octanol–water partition coefficient (Wildman–Crippen LogP) is 2.30. The highest BCUT2D eigenvalue weighted by Gasteiger charge is 2.50. The van der Waals surface area contributed by atoms with Crippen LogP contribution in [0.3, 0.4) is 0 Å². The number of benzene rings is 1. The summed E-state index contributed by atoms with van der Waals surface area (Å²) >= 11 is 0. The SMILES string of the molecule is CC1(C)[C@@H](N=C(N)NC2CC2)C[C@H]1Oc1ccccc1. The average Bonchev–Trinajstić information content (AvgIpc) is 3.22. The number of hydrogen-bond acceptors (Lipinski definition) is 2. The number of nitrogens with zero attached hydrogens (tertiary/aromatic N) is 1. The van der Waals surface area contributed by atoms with Crippen LogP contribution in [0.2, 0.25) is 0 Å². The predicted molar refractivity (Wildman–Crippen MR) is 80.8 cm³/mol. The Labute approximate surface area is 120 Å². The minimum Gasteiger partial charge on any atom is -0.490 e. The van der Waals surface area contributed by atoms with E-state index < -0.39 is 0 Å². The maximum Gasteiger partial charge on any atom is 0.189 e. The van der Waals surface area contributed by atoms with Crippen molar-refractivity contribution in [2.45, 2.75) is 51.3 Å². The van der Waals surface area contributed by atoms with Gasteiger partial charge in [-0.2, -0.15) is 0 Å². The fourth-order valence-corrected chi connectivity index (χ4v) is 2.59. The van der Waals surface area contributed by atoms with Gasteiger partial charge >= 0.3 is 0 Å². The van der Waals surface area contributed by atoms with Gasteiger partial charge in [-0.25, -0.2) is 4.99 Å². The lowest BCUT2D eigenvalue weighted by molar-refractivity contribution is -0.0390. The number of rotatable bonds is 4. The van der Waals surface area contributed by atoms with Crippen molar-refractivity contribution in [2.75, 3.05) is 0 Å². The van der Waals surface area contributed by atoms with Gasteiger partial charge in [0.15, 0.2) is 5.96 Å². The maximum absolute atomic E-state index is 6.04. The second-order valence-electron chi connectivity index (χ2n) is 6.43. The molecule has 2 saturated carbocycles. The molecule has 0 radical (unpaired) electrons. The average molecular weight is 273 g/mol. The second-order valence-corrected chi connectivity index (χ2v) is 6.43. The number of para-hydroxylation sites is 1. The molecule has 0 bridgehead atoms. The Morgan fingerprint density at radius 2 is 2.00 bits per heavy atom. The van der Waals surface area contributed by atoms with Crippen LogP contribution in [-0.4, -0.2) is 24.1 Å². The van der Waals surface area contributed by atoms with Crippen LogP contribution in [0, 0.1) is 5.41 Å². The lowest BCUT2D eigenvalue weighted by Gasteiger charge is -2.49. The van der Waals surface area contributed by atoms with Crippen molar-refractivity contribution >= 4 is 5.96 Å². The topological polar surface area (TPSA) is 59.6 Å². The number of nitrogens with two attached hydrogens (primary N) is 1. The molecule has 4 heteroatoms. The lowest BCUT2D eigenvalue weighted by atomic mass is 9.64. The Morgan fingerprint density at radius 1 is 1.30 bits per heavy atom. The Kier molecular flexibility index (Phi) is 3.32. The van der Waals surface area contributed by atoms with Gasteiger partial charge in [-0.15, -0.1) is 0 Å². The second kappa shape index (κ2) is 5.00. The van der Waals surface area contributed by atoms with Crippen LogP contribution in [-0.2, 0) is 0 Å². The normalized spacial score (nSPS) is 28.6. The zero-order valence-electron chi connectivity index (χ0n) is 12.2. The van der Waals surface area contributed by atoms with Crippen molar-refractivity contribution in [1.29, 1.82) is 0 Å². The third-order valence-corrected chi connectivity index (χ3v) is 4.37. The summed E-state index contributed by atoms with van der Waals surface area (Å²) in [6.07, 6.45) is 3.55. The molecule has 0 unspecified atom stereocenters. The van der Waals surface area contributed by atoms with E-state index in [0.717, 1.165) is 12.2 Å². The summed E-state index contributed by atoms with van der Waals surface area (Å²) in [5, 5.41) is 3.24. The molecule has 2 aliphatic carbocycles. The summed E-state index contributed by atoms with van der Waals surface area (Å²) < 4.78 is 6.04. The van der Waals surface area contributed by atoms with E-state index in [-0.39, 0.29) is 17.6 Å². The molecule has 2 aliphatic rings. The van der Waals surface area contributed by atoms with Gasteiger partial charge in [0, 0.05) is 17.9 Å². The first-order valence-electron chi connectivity index (χ1n) is 7.37. The van der Waals surface area contributed by atoms with Gasteiger partial charge in [0.05, 0.1) is 6.04 Å². The van der Waals surface area contributed by atoms with Crippen molar-refractivity contribution in [2.24, 2.45) is 16.1 Å².